The van der Waals surface area contributed by atoms with Gasteiger partial charge in [0, 0.05) is 26.0 Å². The van der Waals surface area contributed by atoms with Gasteiger partial charge in [-0.1, -0.05) is 27.5 Å². The van der Waals surface area contributed by atoms with E-state index in [0.717, 1.165) is 37.4 Å². The summed E-state index contributed by atoms with van der Waals surface area (Å²) in [6.45, 7) is 2.71. The van der Waals surface area contributed by atoms with E-state index in [2.05, 4.69) is 43.2 Å². The number of benzene rings is 2. The van der Waals surface area contributed by atoms with Gasteiger partial charge in [-0.25, -0.2) is 0 Å². The standard InChI is InChI=1S/C16H14Br2ClNO/c1-9-6-12(18)15(8-13(9)19)20-14-4-5-21-16-3-2-10(17)7-11(14)16/h2-3,6-8,14,20H,4-5H2,1H3. The van der Waals surface area contributed by atoms with Gasteiger partial charge in [-0.05, 0) is 58.7 Å². The van der Waals surface area contributed by atoms with Gasteiger partial charge in [0.1, 0.15) is 5.75 Å². The predicted octanol–water partition coefficient (Wildman–Crippen LogP) is 6.11. The van der Waals surface area contributed by atoms with E-state index in [-0.39, 0.29) is 6.04 Å². The highest BCUT2D eigenvalue weighted by Crippen LogP contribution is 2.38. The molecule has 1 unspecified atom stereocenters. The molecule has 0 aromatic heterocycles. The Morgan fingerprint density at radius 3 is 2.86 bits per heavy atom. The molecule has 1 heterocycles. The molecule has 1 N–H and O–H groups in total. The Kier molecular flexibility index (Phi) is 4.48. The molecule has 0 spiro atoms. The zero-order valence-corrected chi connectivity index (χ0v) is 15.3. The summed E-state index contributed by atoms with van der Waals surface area (Å²) in [5.74, 6) is 0.941. The molecule has 1 aliphatic rings. The van der Waals surface area contributed by atoms with E-state index >= 15 is 0 Å². The summed E-state index contributed by atoms with van der Waals surface area (Å²) >= 11 is 13.4. The van der Waals surface area contributed by atoms with Crippen molar-refractivity contribution in [2.45, 2.75) is 19.4 Å². The molecule has 2 aromatic rings. The Morgan fingerprint density at radius 2 is 2.05 bits per heavy atom. The van der Waals surface area contributed by atoms with Crippen LogP contribution in [-0.2, 0) is 0 Å². The summed E-state index contributed by atoms with van der Waals surface area (Å²) in [7, 11) is 0. The van der Waals surface area contributed by atoms with Crippen molar-refractivity contribution in [2.24, 2.45) is 0 Å². The highest BCUT2D eigenvalue weighted by molar-refractivity contribution is 9.10. The Balaban J connectivity index is 1.93. The summed E-state index contributed by atoms with van der Waals surface area (Å²) in [4.78, 5) is 0. The minimum absolute atomic E-state index is 0.210. The Morgan fingerprint density at radius 1 is 1.24 bits per heavy atom. The summed E-state index contributed by atoms with van der Waals surface area (Å²) in [6.07, 6.45) is 0.918. The van der Waals surface area contributed by atoms with Gasteiger partial charge in [-0.2, -0.15) is 0 Å². The van der Waals surface area contributed by atoms with Crippen molar-refractivity contribution in [1.82, 2.24) is 0 Å². The molecular formula is C16H14Br2ClNO. The quantitative estimate of drug-likeness (QED) is 0.620. The van der Waals surface area contributed by atoms with Crippen molar-refractivity contribution in [3.63, 3.8) is 0 Å². The second-order valence-electron chi connectivity index (χ2n) is 5.10. The lowest BCUT2D eigenvalue weighted by Crippen LogP contribution is -2.20. The first kappa shape index (κ1) is 15.2. The maximum Gasteiger partial charge on any atom is 0.124 e. The fourth-order valence-corrected chi connectivity index (χ4v) is 3.57. The van der Waals surface area contributed by atoms with Crippen molar-refractivity contribution in [3.05, 3.63) is 55.4 Å². The van der Waals surface area contributed by atoms with E-state index in [4.69, 9.17) is 16.3 Å². The molecule has 3 rings (SSSR count). The number of ether oxygens (including phenoxy) is 1. The number of nitrogens with one attached hydrogen (secondary N) is 1. The summed E-state index contributed by atoms with van der Waals surface area (Å²) in [5.41, 5.74) is 3.23. The molecule has 0 saturated carbocycles. The van der Waals surface area contributed by atoms with Crippen LogP contribution in [0.25, 0.3) is 0 Å². The smallest absolute Gasteiger partial charge is 0.124 e. The zero-order valence-electron chi connectivity index (χ0n) is 11.4. The third-order valence-electron chi connectivity index (χ3n) is 3.59. The highest BCUT2D eigenvalue weighted by atomic mass is 79.9. The maximum atomic E-state index is 6.24. The van der Waals surface area contributed by atoms with Gasteiger partial charge < -0.3 is 10.1 Å². The van der Waals surface area contributed by atoms with Crippen LogP contribution in [0.1, 0.15) is 23.6 Å². The van der Waals surface area contributed by atoms with Gasteiger partial charge in [0.2, 0.25) is 0 Å². The normalized spacial score (nSPS) is 17.0. The molecule has 0 aliphatic carbocycles. The lowest BCUT2D eigenvalue weighted by Gasteiger charge is -2.28. The zero-order chi connectivity index (χ0) is 15.0. The summed E-state index contributed by atoms with van der Waals surface area (Å²) < 4.78 is 7.80. The number of hydrogen-bond donors (Lipinski definition) is 1. The van der Waals surface area contributed by atoms with Gasteiger partial charge >= 0.3 is 0 Å². The van der Waals surface area contributed by atoms with Crippen LogP contribution in [0.2, 0.25) is 5.02 Å². The highest BCUT2D eigenvalue weighted by Gasteiger charge is 2.22. The Labute approximate surface area is 146 Å². The van der Waals surface area contributed by atoms with Crippen LogP contribution in [0.5, 0.6) is 5.75 Å². The molecule has 5 heteroatoms. The molecule has 1 aliphatic heterocycles. The van der Waals surface area contributed by atoms with Crippen LogP contribution in [0, 0.1) is 6.92 Å². The SMILES string of the molecule is Cc1cc(Br)c(NC2CCOc3ccc(Br)cc32)cc1Cl. The van der Waals surface area contributed by atoms with Gasteiger partial charge in [0.05, 0.1) is 18.3 Å². The van der Waals surface area contributed by atoms with E-state index in [1.807, 2.05) is 31.2 Å². The van der Waals surface area contributed by atoms with E-state index in [1.54, 1.807) is 0 Å². The fraction of sp³-hybridized carbons (Fsp3) is 0.250. The van der Waals surface area contributed by atoms with Crippen LogP contribution in [0.3, 0.4) is 0 Å². The van der Waals surface area contributed by atoms with E-state index in [0.29, 0.717) is 6.61 Å². The summed E-state index contributed by atoms with van der Waals surface area (Å²) in [6, 6.07) is 10.3. The average Bonchev–Trinajstić information content (AvgIpc) is 2.45. The molecule has 0 amide bonds. The first-order valence-electron chi connectivity index (χ1n) is 6.69. The minimum atomic E-state index is 0.210. The van der Waals surface area contributed by atoms with Crippen LogP contribution < -0.4 is 10.1 Å². The predicted molar refractivity (Wildman–Crippen MR) is 94.5 cm³/mol. The Hall–Kier alpha value is -0.710. The largest absolute Gasteiger partial charge is 0.493 e. The molecule has 21 heavy (non-hydrogen) atoms. The lowest BCUT2D eigenvalue weighted by atomic mass is 10.00. The van der Waals surface area contributed by atoms with Crippen molar-refractivity contribution < 1.29 is 4.74 Å². The molecule has 1 atom stereocenters. The molecule has 0 radical (unpaired) electrons. The van der Waals surface area contributed by atoms with E-state index in [9.17, 15) is 0 Å². The monoisotopic (exact) mass is 429 g/mol. The van der Waals surface area contributed by atoms with E-state index in [1.165, 1.54) is 5.56 Å². The fourth-order valence-electron chi connectivity index (χ4n) is 2.46. The minimum Gasteiger partial charge on any atom is -0.493 e. The van der Waals surface area contributed by atoms with Crippen molar-refractivity contribution in [3.8, 4) is 5.75 Å². The van der Waals surface area contributed by atoms with E-state index < -0.39 is 0 Å². The molecule has 2 nitrogen and oxygen atoms in total. The third kappa shape index (κ3) is 3.22. The number of fused-ring (bicyclic) bond motifs is 1. The van der Waals surface area contributed by atoms with Crippen LogP contribution in [-0.4, -0.2) is 6.61 Å². The molecule has 0 fully saturated rings. The van der Waals surface area contributed by atoms with Gasteiger partial charge in [-0.3, -0.25) is 0 Å². The number of rotatable bonds is 2. The molecule has 2 aromatic carbocycles. The lowest BCUT2D eigenvalue weighted by molar-refractivity contribution is 0.274. The number of aryl methyl sites for hydroxylation is 1. The topological polar surface area (TPSA) is 21.3 Å². The second kappa shape index (κ2) is 6.19. The van der Waals surface area contributed by atoms with Crippen molar-refractivity contribution in [1.29, 1.82) is 0 Å². The molecule has 0 saturated heterocycles. The van der Waals surface area contributed by atoms with Gasteiger partial charge in [0.25, 0.3) is 0 Å². The second-order valence-corrected chi connectivity index (χ2v) is 7.27. The number of hydrogen-bond acceptors (Lipinski definition) is 2. The first-order valence-corrected chi connectivity index (χ1v) is 8.65. The maximum absolute atomic E-state index is 6.24. The summed E-state index contributed by atoms with van der Waals surface area (Å²) in [5, 5.41) is 4.33. The van der Waals surface area contributed by atoms with Crippen LogP contribution in [0.15, 0.2) is 39.3 Å². The van der Waals surface area contributed by atoms with Crippen LogP contribution in [0.4, 0.5) is 5.69 Å². The van der Waals surface area contributed by atoms with Gasteiger partial charge in [0.15, 0.2) is 0 Å². The molecule has 0 bridgehead atoms. The molecule has 110 valence electrons. The van der Waals surface area contributed by atoms with Crippen molar-refractivity contribution >= 4 is 49.1 Å². The van der Waals surface area contributed by atoms with Gasteiger partial charge in [-0.15, -0.1) is 0 Å². The van der Waals surface area contributed by atoms with Crippen LogP contribution >= 0.6 is 43.5 Å². The number of halogens is 3. The number of anilines is 1. The average molecular weight is 432 g/mol. The third-order valence-corrected chi connectivity index (χ3v) is 5.15. The van der Waals surface area contributed by atoms with Crippen molar-refractivity contribution in [2.75, 3.05) is 11.9 Å². The Bertz CT molecular complexity index is 690. The first-order chi connectivity index (χ1) is 10.0. The molecular weight excluding hydrogens is 417 g/mol.